The lowest BCUT2D eigenvalue weighted by Crippen LogP contribution is -2.27. The van der Waals surface area contributed by atoms with E-state index in [0.29, 0.717) is 17.1 Å². The molecule has 1 spiro atoms. The maximum absolute atomic E-state index is 6.33. The van der Waals surface area contributed by atoms with Crippen molar-refractivity contribution >= 4 is 0 Å². The van der Waals surface area contributed by atoms with Crippen molar-refractivity contribution in [2.45, 2.75) is 69.5 Å². The van der Waals surface area contributed by atoms with Crippen LogP contribution >= 0.6 is 0 Å². The second-order valence-corrected chi connectivity index (χ2v) is 6.08. The molecule has 1 aliphatic heterocycles. The van der Waals surface area contributed by atoms with Gasteiger partial charge in [0.1, 0.15) is 0 Å². The summed E-state index contributed by atoms with van der Waals surface area (Å²) in [6.45, 7) is 0.875. The Labute approximate surface area is 92.6 Å². The van der Waals surface area contributed by atoms with Gasteiger partial charge in [-0.1, -0.05) is 12.8 Å². The molecule has 0 bridgehead atoms. The third-order valence-corrected chi connectivity index (χ3v) is 4.90. The molecule has 1 atom stereocenters. The molecule has 1 saturated heterocycles. The van der Waals surface area contributed by atoms with Crippen LogP contribution in [0.2, 0.25) is 0 Å². The van der Waals surface area contributed by atoms with Crippen LogP contribution in [0.3, 0.4) is 0 Å². The van der Waals surface area contributed by atoms with Gasteiger partial charge in [0.15, 0.2) is 0 Å². The van der Waals surface area contributed by atoms with Crippen LogP contribution in [0, 0.1) is 5.41 Å². The topological polar surface area (TPSA) is 35.2 Å². The quantitative estimate of drug-likeness (QED) is 0.775. The zero-order chi connectivity index (χ0) is 10.4. The number of ether oxygens (including phenoxy) is 1. The summed E-state index contributed by atoms with van der Waals surface area (Å²) in [5.41, 5.74) is 6.65. The summed E-state index contributed by atoms with van der Waals surface area (Å²) >= 11 is 0. The smallest absolute Gasteiger partial charge is 0.0687 e. The molecule has 2 nitrogen and oxygen atoms in total. The van der Waals surface area contributed by atoms with Gasteiger partial charge in [-0.3, -0.25) is 0 Å². The summed E-state index contributed by atoms with van der Waals surface area (Å²) in [6, 6.07) is 0. The molecule has 1 unspecified atom stereocenters. The first-order valence-corrected chi connectivity index (χ1v) is 6.64. The van der Waals surface area contributed by atoms with E-state index in [1.807, 2.05) is 0 Å². The van der Waals surface area contributed by atoms with Crippen LogP contribution in [-0.2, 0) is 4.74 Å². The first-order chi connectivity index (χ1) is 7.26. The monoisotopic (exact) mass is 209 g/mol. The molecular formula is C13H23NO. The maximum atomic E-state index is 6.33. The lowest BCUT2D eigenvalue weighted by Gasteiger charge is -2.25. The molecule has 1 heterocycles. The van der Waals surface area contributed by atoms with E-state index in [-0.39, 0.29) is 0 Å². The number of rotatable bonds is 3. The lowest BCUT2D eigenvalue weighted by molar-refractivity contribution is -0.0453. The van der Waals surface area contributed by atoms with Crippen LogP contribution in [0.15, 0.2) is 0 Å². The van der Waals surface area contributed by atoms with Crippen LogP contribution in [-0.4, -0.2) is 18.2 Å². The van der Waals surface area contributed by atoms with Crippen molar-refractivity contribution in [1.29, 1.82) is 0 Å². The van der Waals surface area contributed by atoms with Crippen molar-refractivity contribution in [2.75, 3.05) is 6.54 Å². The van der Waals surface area contributed by atoms with Gasteiger partial charge in [-0.25, -0.2) is 0 Å². The van der Waals surface area contributed by atoms with Crippen molar-refractivity contribution < 1.29 is 4.74 Å². The summed E-state index contributed by atoms with van der Waals surface area (Å²) in [6.07, 6.45) is 12.5. The summed E-state index contributed by atoms with van der Waals surface area (Å²) in [5.74, 6) is 0. The van der Waals surface area contributed by atoms with Crippen molar-refractivity contribution in [1.82, 2.24) is 0 Å². The predicted octanol–water partition coefficient (Wildman–Crippen LogP) is 2.61. The first-order valence-electron chi connectivity index (χ1n) is 6.64. The molecule has 3 fully saturated rings. The summed E-state index contributed by atoms with van der Waals surface area (Å²) in [5, 5.41) is 0. The second-order valence-electron chi connectivity index (χ2n) is 6.08. The van der Waals surface area contributed by atoms with Gasteiger partial charge < -0.3 is 10.5 Å². The standard InChI is InChI=1S/C13H23NO/c14-10-12(7-8-12)9-11-3-6-13(15-11)4-1-2-5-13/h11H,1-10,14H2. The fraction of sp³-hybridized carbons (Fsp3) is 1.00. The lowest BCUT2D eigenvalue weighted by atomic mass is 9.95. The van der Waals surface area contributed by atoms with Crippen LogP contribution in [0.25, 0.3) is 0 Å². The minimum atomic E-state index is 0.315. The Morgan fingerprint density at radius 1 is 1.07 bits per heavy atom. The van der Waals surface area contributed by atoms with E-state index >= 15 is 0 Å². The molecule has 0 radical (unpaired) electrons. The Hall–Kier alpha value is -0.0800. The van der Waals surface area contributed by atoms with Crippen molar-refractivity contribution in [3.05, 3.63) is 0 Å². The van der Waals surface area contributed by atoms with E-state index in [9.17, 15) is 0 Å². The Morgan fingerprint density at radius 3 is 2.40 bits per heavy atom. The Bertz CT molecular complexity index is 241. The van der Waals surface area contributed by atoms with Crippen molar-refractivity contribution in [2.24, 2.45) is 11.1 Å². The molecule has 0 aromatic rings. The molecule has 3 aliphatic rings. The highest BCUT2D eigenvalue weighted by molar-refractivity contribution is 4.99. The molecule has 2 N–H and O–H groups in total. The number of hydrogen-bond acceptors (Lipinski definition) is 2. The van der Waals surface area contributed by atoms with Gasteiger partial charge >= 0.3 is 0 Å². The van der Waals surface area contributed by atoms with Gasteiger partial charge in [0.2, 0.25) is 0 Å². The van der Waals surface area contributed by atoms with Gasteiger partial charge in [0.05, 0.1) is 11.7 Å². The van der Waals surface area contributed by atoms with E-state index in [2.05, 4.69) is 0 Å². The first kappa shape index (κ1) is 10.1. The predicted molar refractivity (Wildman–Crippen MR) is 60.6 cm³/mol. The van der Waals surface area contributed by atoms with E-state index < -0.39 is 0 Å². The van der Waals surface area contributed by atoms with Gasteiger partial charge in [-0.05, 0) is 56.9 Å². The zero-order valence-corrected chi connectivity index (χ0v) is 9.63. The largest absolute Gasteiger partial charge is 0.372 e. The third-order valence-electron chi connectivity index (χ3n) is 4.90. The summed E-state index contributed by atoms with van der Waals surface area (Å²) < 4.78 is 6.33. The fourth-order valence-corrected chi connectivity index (χ4v) is 3.58. The van der Waals surface area contributed by atoms with Crippen LogP contribution in [0.1, 0.15) is 57.8 Å². The minimum Gasteiger partial charge on any atom is -0.372 e. The molecular weight excluding hydrogens is 186 g/mol. The van der Waals surface area contributed by atoms with Gasteiger partial charge in [-0.2, -0.15) is 0 Å². The molecule has 15 heavy (non-hydrogen) atoms. The van der Waals surface area contributed by atoms with Crippen LogP contribution in [0.5, 0.6) is 0 Å². The van der Waals surface area contributed by atoms with Crippen molar-refractivity contribution in [3.8, 4) is 0 Å². The van der Waals surface area contributed by atoms with E-state index in [1.165, 1.54) is 57.8 Å². The zero-order valence-electron chi connectivity index (χ0n) is 9.63. The molecule has 86 valence electrons. The van der Waals surface area contributed by atoms with Gasteiger partial charge in [0, 0.05) is 0 Å². The molecule has 3 rings (SSSR count). The SMILES string of the molecule is NCC1(CC2CCC3(CCCC3)O2)CC1. The normalized spacial score (nSPS) is 36.2. The third kappa shape index (κ3) is 1.83. The fourth-order valence-electron chi connectivity index (χ4n) is 3.58. The Balaban J connectivity index is 1.57. The van der Waals surface area contributed by atoms with Crippen molar-refractivity contribution in [3.63, 3.8) is 0 Å². The van der Waals surface area contributed by atoms with E-state index in [4.69, 9.17) is 10.5 Å². The average molecular weight is 209 g/mol. The van der Waals surface area contributed by atoms with E-state index in [1.54, 1.807) is 0 Å². The van der Waals surface area contributed by atoms with E-state index in [0.717, 1.165) is 6.54 Å². The molecule has 2 aliphatic carbocycles. The van der Waals surface area contributed by atoms with Gasteiger partial charge in [-0.15, -0.1) is 0 Å². The molecule has 0 aromatic carbocycles. The minimum absolute atomic E-state index is 0.315. The highest BCUT2D eigenvalue weighted by Gasteiger charge is 2.48. The second kappa shape index (κ2) is 3.46. The molecule has 2 heteroatoms. The Morgan fingerprint density at radius 2 is 1.80 bits per heavy atom. The average Bonchev–Trinajstić information content (AvgIpc) is 2.71. The van der Waals surface area contributed by atoms with Gasteiger partial charge in [0.25, 0.3) is 0 Å². The highest BCUT2D eigenvalue weighted by atomic mass is 16.5. The molecule has 0 aromatic heterocycles. The highest BCUT2D eigenvalue weighted by Crippen LogP contribution is 2.52. The molecule has 2 saturated carbocycles. The number of hydrogen-bond donors (Lipinski definition) is 1. The number of nitrogens with two attached hydrogens (primary N) is 1. The summed E-state index contributed by atoms with van der Waals surface area (Å²) in [4.78, 5) is 0. The Kier molecular flexibility index (Phi) is 2.33. The molecule has 0 amide bonds. The summed E-state index contributed by atoms with van der Waals surface area (Å²) in [7, 11) is 0. The van der Waals surface area contributed by atoms with Crippen LogP contribution in [0.4, 0.5) is 0 Å². The maximum Gasteiger partial charge on any atom is 0.0687 e. The van der Waals surface area contributed by atoms with Crippen LogP contribution < -0.4 is 5.73 Å².